The van der Waals surface area contributed by atoms with Crippen LogP contribution in [0.25, 0.3) is 0 Å². The molecule has 3 N–H and O–H groups in total. The topological polar surface area (TPSA) is 70.6 Å². The fraction of sp³-hybridized carbons (Fsp3) is 0.900. The second kappa shape index (κ2) is 4.47. The molecular formula is C10H18N2O3. The summed E-state index contributed by atoms with van der Waals surface area (Å²) in [6, 6.07) is 0.119. The fourth-order valence-electron chi connectivity index (χ4n) is 1.79. The molecule has 0 aromatic rings. The van der Waals surface area contributed by atoms with Gasteiger partial charge < -0.3 is 20.5 Å². The highest BCUT2D eigenvalue weighted by Gasteiger charge is 2.43. The number of aliphatic hydroxyl groups excluding tert-OH is 1. The first-order chi connectivity index (χ1) is 7.24. The van der Waals surface area contributed by atoms with Crippen LogP contribution in [0.2, 0.25) is 0 Å². The predicted molar refractivity (Wildman–Crippen MR) is 54.4 cm³/mol. The molecule has 2 fully saturated rings. The molecule has 1 saturated carbocycles. The quantitative estimate of drug-likeness (QED) is 0.562. The zero-order valence-corrected chi connectivity index (χ0v) is 8.79. The lowest BCUT2D eigenvalue weighted by atomic mass is 10.1. The molecule has 5 heteroatoms. The maximum atomic E-state index is 11.6. The van der Waals surface area contributed by atoms with Crippen LogP contribution in [-0.2, 0) is 9.53 Å². The van der Waals surface area contributed by atoms with E-state index in [2.05, 4.69) is 10.6 Å². The summed E-state index contributed by atoms with van der Waals surface area (Å²) in [7, 11) is 0. The van der Waals surface area contributed by atoms with Gasteiger partial charge >= 0.3 is 0 Å². The molecule has 1 heterocycles. The van der Waals surface area contributed by atoms with Crippen molar-refractivity contribution in [3.05, 3.63) is 0 Å². The van der Waals surface area contributed by atoms with E-state index in [9.17, 15) is 4.79 Å². The highest BCUT2D eigenvalue weighted by Crippen LogP contribution is 2.34. The molecule has 0 aromatic carbocycles. The molecule has 2 rings (SSSR count). The SMILES string of the molecule is O=C(CC1COCCN1)NC1(CO)CC1. The second-order valence-corrected chi connectivity index (χ2v) is 4.42. The van der Waals surface area contributed by atoms with Crippen molar-refractivity contribution >= 4 is 5.91 Å². The number of carbonyl (C=O) groups excluding carboxylic acids is 1. The first-order valence-corrected chi connectivity index (χ1v) is 5.47. The summed E-state index contributed by atoms with van der Waals surface area (Å²) >= 11 is 0. The van der Waals surface area contributed by atoms with Crippen LogP contribution in [-0.4, -0.2) is 49.0 Å². The van der Waals surface area contributed by atoms with Gasteiger partial charge in [-0.25, -0.2) is 0 Å². The van der Waals surface area contributed by atoms with Gasteiger partial charge in [-0.3, -0.25) is 4.79 Å². The van der Waals surface area contributed by atoms with Crippen molar-refractivity contribution in [1.29, 1.82) is 0 Å². The lowest BCUT2D eigenvalue weighted by Crippen LogP contribution is -2.47. The molecule has 5 nitrogen and oxygen atoms in total. The smallest absolute Gasteiger partial charge is 0.222 e. The third-order valence-electron chi connectivity index (χ3n) is 2.99. The van der Waals surface area contributed by atoms with E-state index in [1.807, 2.05) is 0 Å². The summed E-state index contributed by atoms with van der Waals surface area (Å²) in [5.41, 5.74) is -0.299. The summed E-state index contributed by atoms with van der Waals surface area (Å²) in [6.45, 7) is 2.18. The molecule has 0 aromatic heterocycles. The fourth-order valence-corrected chi connectivity index (χ4v) is 1.79. The van der Waals surface area contributed by atoms with Crippen LogP contribution in [0.15, 0.2) is 0 Å². The van der Waals surface area contributed by atoms with Crippen molar-refractivity contribution < 1.29 is 14.6 Å². The van der Waals surface area contributed by atoms with E-state index in [0.717, 1.165) is 26.0 Å². The van der Waals surface area contributed by atoms with E-state index in [0.29, 0.717) is 13.0 Å². The monoisotopic (exact) mass is 214 g/mol. The van der Waals surface area contributed by atoms with Crippen LogP contribution in [0.1, 0.15) is 19.3 Å². The first-order valence-electron chi connectivity index (χ1n) is 5.47. The van der Waals surface area contributed by atoms with Crippen molar-refractivity contribution in [1.82, 2.24) is 10.6 Å². The molecule has 2 aliphatic rings. The van der Waals surface area contributed by atoms with Gasteiger partial charge in [0.1, 0.15) is 0 Å². The number of aliphatic hydroxyl groups is 1. The average Bonchev–Trinajstić information content (AvgIpc) is 3.00. The van der Waals surface area contributed by atoms with Gasteiger partial charge in [0.2, 0.25) is 5.91 Å². The summed E-state index contributed by atoms with van der Waals surface area (Å²) in [5, 5.41) is 15.2. The van der Waals surface area contributed by atoms with Gasteiger partial charge in [0.15, 0.2) is 0 Å². The minimum absolute atomic E-state index is 0.00421. The molecule has 1 saturated heterocycles. The standard InChI is InChI=1S/C10H18N2O3/c13-7-10(1-2-10)12-9(14)5-8-6-15-4-3-11-8/h8,11,13H,1-7H2,(H,12,14). The normalized spacial score (nSPS) is 28.5. The van der Waals surface area contributed by atoms with Crippen molar-refractivity contribution in [3.8, 4) is 0 Å². The van der Waals surface area contributed by atoms with Crippen LogP contribution in [0.4, 0.5) is 0 Å². The molecule has 86 valence electrons. The van der Waals surface area contributed by atoms with Gasteiger partial charge in [0.05, 0.1) is 25.4 Å². The van der Waals surface area contributed by atoms with Crippen LogP contribution in [0, 0.1) is 0 Å². The molecule has 1 atom stereocenters. The number of nitrogens with one attached hydrogen (secondary N) is 2. The van der Waals surface area contributed by atoms with Gasteiger partial charge in [-0.1, -0.05) is 0 Å². The first kappa shape index (κ1) is 10.9. The Kier molecular flexibility index (Phi) is 3.23. The zero-order chi connectivity index (χ0) is 10.7. The Bertz CT molecular complexity index is 235. The number of amides is 1. The highest BCUT2D eigenvalue weighted by atomic mass is 16.5. The lowest BCUT2D eigenvalue weighted by molar-refractivity contribution is -0.123. The molecule has 1 aliphatic carbocycles. The Morgan fingerprint density at radius 2 is 2.40 bits per heavy atom. The molecule has 0 spiro atoms. The summed E-state index contributed by atoms with van der Waals surface area (Å²) in [6.07, 6.45) is 2.22. The molecule has 1 amide bonds. The Balaban J connectivity index is 1.72. The maximum absolute atomic E-state index is 11.6. The van der Waals surface area contributed by atoms with Gasteiger partial charge in [-0.15, -0.1) is 0 Å². The van der Waals surface area contributed by atoms with Crippen molar-refractivity contribution in [2.75, 3.05) is 26.4 Å². The van der Waals surface area contributed by atoms with Gasteiger partial charge in [0, 0.05) is 19.0 Å². The Morgan fingerprint density at radius 1 is 1.60 bits per heavy atom. The van der Waals surface area contributed by atoms with Crippen LogP contribution >= 0.6 is 0 Å². The number of hydrogen-bond acceptors (Lipinski definition) is 4. The lowest BCUT2D eigenvalue weighted by Gasteiger charge is -2.24. The number of morpholine rings is 1. The highest BCUT2D eigenvalue weighted by molar-refractivity contribution is 5.78. The van der Waals surface area contributed by atoms with E-state index in [1.165, 1.54) is 0 Å². The van der Waals surface area contributed by atoms with E-state index in [-0.39, 0.29) is 24.1 Å². The van der Waals surface area contributed by atoms with Crippen molar-refractivity contribution in [2.45, 2.75) is 30.8 Å². The predicted octanol–water partition coefficient (Wildman–Crippen LogP) is -0.994. The molecule has 1 aliphatic heterocycles. The molecule has 1 unspecified atom stereocenters. The van der Waals surface area contributed by atoms with Crippen molar-refractivity contribution in [3.63, 3.8) is 0 Å². The van der Waals surface area contributed by atoms with Crippen LogP contribution < -0.4 is 10.6 Å². The summed E-state index contributed by atoms with van der Waals surface area (Å²) in [4.78, 5) is 11.6. The molecule has 0 radical (unpaired) electrons. The zero-order valence-electron chi connectivity index (χ0n) is 8.79. The summed E-state index contributed by atoms with van der Waals surface area (Å²) in [5.74, 6) is 0.00421. The van der Waals surface area contributed by atoms with Gasteiger partial charge in [-0.2, -0.15) is 0 Å². The number of hydrogen-bond donors (Lipinski definition) is 3. The van der Waals surface area contributed by atoms with Gasteiger partial charge in [-0.05, 0) is 12.8 Å². The molecule has 15 heavy (non-hydrogen) atoms. The number of carbonyl (C=O) groups is 1. The van der Waals surface area contributed by atoms with Crippen LogP contribution in [0.3, 0.4) is 0 Å². The Hall–Kier alpha value is -0.650. The van der Waals surface area contributed by atoms with E-state index in [1.54, 1.807) is 0 Å². The third kappa shape index (κ3) is 2.90. The van der Waals surface area contributed by atoms with Crippen molar-refractivity contribution in [2.24, 2.45) is 0 Å². The van der Waals surface area contributed by atoms with E-state index >= 15 is 0 Å². The Morgan fingerprint density at radius 3 is 2.93 bits per heavy atom. The minimum atomic E-state index is -0.299. The maximum Gasteiger partial charge on any atom is 0.222 e. The largest absolute Gasteiger partial charge is 0.394 e. The van der Waals surface area contributed by atoms with E-state index in [4.69, 9.17) is 9.84 Å². The van der Waals surface area contributed by atoms with Gasteiger partial charge in [0.25, 0.3) is 0 Å². The van der Waals surface area contributed by atoms with Crippen LogP contribution in [0.5, 0.6) is 0 Å². The average molecular weight is 214 g/mol. The second-order valence-electron chi connectivity index (χ2n) is 4.42. The Labute approximate surface area is 89.2 Å². The number of ether oxygens (including phenoxy) is 1. The minimum Gasteiger partial charge on any atom is -0.394 e. The molecular weight excluding hydrogens is 196 g/mol. The molecule has 0 bridgehead atoms. The third-order valence-corrected chi connectivity index (χ3v) is 2.99. The summed E-state index contributed by atoms with van der Waals surface area (Å²) < 4.78 is 5.26. The number of rotatable bonds is 4. The van der Waals surface area contributed by atoms with E-state index < -0.39 is 0 Å².